The van der Waals surface area contributed by atoms with E-state index in [4.69, 9.17) is 5.73 Å². The Balaban J connectivity index is 1.65. The SMILES string of the molecule is Nc1ncnn2c(C=O)c(C(=O)NCCF)c(-c3ccc(NC(=O)Nc4cc(C(F)(F)F)ccc4F)cc3)c12. The Morgan fingerprint density at radius 2 is 1.79 bits per heavy atom. The molecular weight excluding hydrogens is 529 g/mol. The number of aromatic nitrogens is 3. The molecule has 0 saturated carbocycles. The van der Waals surface area contributed by atoms with Crippen LogP contribution in [0.15, 0.2) is 48.8 Å². The number of alkyl halides is 4. The fraction of sp³-hybridized carbons (Fsp3) is 0.125. The number of carbonyl (C=O) groups is 3. The van der Waals surface area contributed by atoms with Crippen molar-refractivity contribution in [2.45, 2.75) is 6.18 Å². The van der Waals surface area contributed by atoms with E-state index >= 15 is 0 Å². The van der Waals surface area contributed by atoms with Crippen molar-refractivity contribution in [1.82, 2.24) is 19.9 Å². The Bertz CT molecular complexity index is 1570. The van der Waals surface area contributed by atoms with Gasteiger partial charge in [0.05, 0.1) is 16.8 Å². The molecule has 0 radical (unpaired) electrons. The van der Waals surface area contributed by atoms with Crippen LogP contribution in [0.25, 0.3) is 16.6 Å². The number of halogens is 5. The summed E-state index contributed by atoms with van der Waals surface area (Å²) >= 11 is 0. The fourth-order valence-corrected chi connectivity index (χ4v) is 3.81. The molecule has 0 aliphatic carbocycles. The number of nitrogens with one attached hydrogen (secondary N) is 3. The highest BCUT2D eigenvalue weighted by Crippen LogP contribution is 2.35. The molecule has 0 bridgehead atoms. The smallest absolute Gasteiger partial charge is 0.382 e. The van der Waals surface area contributed by atoms with Crippen LogP contribution in [-0.2, 0) is 6.18 Å². The number of nitrogens with zero attached hydrogens (tertiary/aromatic N) is 3. The number of nitrogens with two attached hydrogens (primary N) is 1. The predicted molar refractivity (Wildman–Crippen MR) is 131 cm³/mol. The van der Waals surface area contributed by atoms with Crippen LogP contribution in [0, 0.1) is 5.82 Å². The lowest BCUT2D eigenvalue weighted by Gasteiger charge is -2.12. The first-order valence-corrected chi connectivity index (χ1v) is 11.0. The molecule has 0 atom stereocenters. The largest absolute Gasteiger partial charge is 0.416 e. The zero-order valence-electron chi connectivity index (χ0n) is 19.6. The van der Waals surface area contributed by atoms with E-state index in [0.717, 1.165) is 10.8 Å². The fourth-order valence-electron chi connectivity index (χ4n) is 3.81. The van der Waals surface area contributed by atoms with Crippen molar-refractivity contribution in [1.29, 1.82) is 0 Å². The molecule has 5 N–H and O–H groups in total. The first-order chi connectivity index (χ1) is 18.5. The van der Waals surface area contributed by atoms with E-state index in [9.17, 15) is 36.3 Å². The Hall–Kier alpha value is -5.08. The lowest BCUT2D eigenvalue weighted by atomic mass is 10.00. The van der Waals surface area contributed by atoms with E-state index in [-0.39, 0.29) is 40.4 Å². The van der Waals surface area contributed by atoms with Crippen LogP contribution in [0.5, 0.6) is 0 Å². The second kappa shape index (κ2) is 10.7. The average molecular weight is 547 g/mol. The van der Waals surface area contributed by atoms with Crippen molar-refractivity contribution in [3.63, 3.8) is 0 Å². The topological polar surface area (TPSA) is 144 Å². The maximum absolute atomic E-state index is 14.0. The number of nitrogen functional groups attached to an aromatic ring is 1. The molecule has 2 heterocycles. The number of fused-ring (bicyclic) bond motifs is 1. The number of hydrogen-bond donors (Lipinski definition) is 4. The normalized spacial score (nSPS) is 11.3. The first-order valence-electron chi connectivity index (χ1n) is 11.0. The van der Waals surface area contributed by atoms with Gasteiger partial charge in [-0.1, -0.05) is 12.1 Å². The maximum Gasteiger partial charge on any atom is 0.416 e. The van der Waals surface area contributed by atoms with Crippen molar-refractivity contribution in [3.05, 3.63) is 71.4 Å². The molecule has 3 amide bonds. The molecule has 4 aromatic rings. The van der Waals surface area contributed by atoms with Gasteiger partial charge in [-0.3, -0.25) is 9.59 Å². The van der Waals surface area contributed by atoms with Crippen LogP contribution in [0.2, 0.25) is 0 Å². The molecule has 0 saturated heterocycles. The number of rotatable bonds is 7. The molecule has 2 aromatic carbocycles. The van der Waals surface area contributed by atoms with Gasteiger partial charge in [0.15, 0.2) is 12.1 Å². The van der Waals surface area contributed by atoms with Crippen molar-refractivity contribution >= 4 is 40.9 Å². The Morgan fingerprint density at radius 1 is 1.08 bits per heavy atom. The van der Waals surface area contributed by atoms with Gasteiger partial charge >= 0.3 is 12.2 Å². The van der Waals surface area contributed by atoms with Crippen LogP contribution in [-0.4, -0.2) is 46.0 Å². The van der Waals surface area contributed by atoms with Gasteiger partial charge in [-0.2, -0.15) is 18.3 Å². The van der Waals surface area contributed by atoms with Gasteiger partial charge in [-0.15, -0.1) is 0 Å². The first kappa shape index (κ1) is 27.0. The van der Waals surface area contributed by atoms with E-state index in [0.29, 0.717) is 30.0 Å². The number of hydrogen-bond acceptors (Lipinski definition) is 6. The summed E-state index contributed by atoms with van der Waals surface area (Å²) in [6.45, 7) is -1.16. The summed E-state index contributed by atoms with van der Waals surface area (Å²) in [5.74, 6) is -1.89. The zero-order chi connectivity index (χ0) is 28.3. The summed E-state index contributed by atoms with van der Waals surface area (Å²) in [4.78, 5) is 41.0. The molecule has 0 fully saturated rings. The maximum atomic E-state index is 14.0. The molecular formula is C24H18F5N7O3. The second-order valence-electron chi connectivity index (χ2n) is 7.95. The van der Waals surface area contributed by atoms with Crippen LogP contribution >= 0.6 is 0 Å². The molecule has 0 aliphatic rings. The summed E-state index contributed by atoms with van der Waals surface area (Å²) in [6, 6.07) is 6.22. The minimum Gasteiger partial charge on any atom is -0.382 e. The lowest BCUT2D eigenvalue weighted by molar-refractivity contribution is -0.137. The summed E-state index contributed by atoms with van der Waals surface area (Å²) < 4.78 is 66.5. The highest BCUT2D eigenvalue weighted by Gasteiger charge is 2.31. The summed E-state index contributed by atoms with van der Waals surface area (Å²) in [5, 5.41) is 10.7. The van der Waals surface area contributed by atoms with Crippen molar-refractivity contribution in [3.8, 4) is 11.1 Å². The third-order valence-corrected chi connectivity index (χ3v) is 5.48. The Labute approximate surface area is 216 Å². The summed E-state index contributed by atoms with van der Waals surface area (Å²) in [6.07, 6.45) is -3.26. The minimum absolute atomic E-state index is 0.0580. The van der Waals surface area contributed by atoms with Gasteiger partial charge in [0, 0.05) is 17.8 Å². The third-order valence-electron chi connectivity index (χ3n) is 5.48. The molecule has 2 aromatic heterocycles. The average Bonchev–Trinajstić information content (AvgIpc) is 3.24. The zero-order valence-corrected chi connectivity index (χ0v) is 19.6. The summed E-state index contributed by atoms with van der Waals surface area (Å²) in [7, 11) is 0. The van der Waals surface area contributed by atoms with Crippen LogP contribution in [0.3, 0.4) is 0 Å². The van der Waals surface area contributed by atoms with Crippen LogP contribution < -0.4 is 21.7 Å². The standard InChI is InChI=1S/C24H18F5N7O3/c25-7-8-31-22(38)19-17(10-37)36-20(21(30)32-11-33-36)18(19)12-1-4-14(5-2-12)34-23(39)35-16-9-13(24(27,28)29)3-6-15(16)26/h1-6,9-11H,7-8H2,(H,31,38)(H2,30,32,33)(H2,34,35,39). The van der Waals surface area contributed by atoms with E-state index in [2.05, 4.69) is 20.7 Å². The highest BCUT2D eigenvalue weighted by atomic mass is 19.4. The third kappa shape index (κ3) is 5.46. The molecule has 0 aliphatic heterocycles. The van der Waals surface area contributed by atoms with Gasteiger partial charge in [-0.25, -0.2) is 23.1 Å². The van der Waals surface area contributed by atoms with Gasteiger partial charge in [0.25, 0.3) is 5.91 Å². The molecule has 15 heteroatoms. The van der Waals surface area contributed by atoms with Crippen molar-refractivity contribution in [2.24, 2.45) is 0 Å². The monoisotopic (exact) mass is 547 g/mol. The van der Waals surface area contributed by atoms with Crippen LogP contribution in [0.4, 0.5) is 43.9 Å². The predicted octanol–water partition coefficient (Wildman–Crippen LogP) is 4.29. The Kier molecular flexibility index (Phi) is 7.42. The molecule has 0 spiro atoms. The minimum atomic E-state index is -4.74. The number of amides is 3. The highest BCUT2D eigenvalue weighted by molar-refractivity contribution is 6.12. The number of carbonyl (C=O) groups excluding carboxylic acids is 3. The molecule has 0 unspecified atom stereocenters. The number of benzene rings is 2. The van der Waals surface area contributed by atoms with Gasteiger partial charge in [0.2, 0.25) is 0 Å². The van der Waals surface area contributed by atoms with E-state index in [1.54, 1.807) is 0 Å². The quantitative estimate of drug-likeness (QED) is 0.201. The van der Waals surface area contributed by atoms with Gasteiger partial charge in [-0.05, 0) is 35.9 Å². The van der Waals surface area contributed by atoms with E-state index in [1.807, 2.05) is 5.32 Å². The van der Waals surface area contributed by atoms with Gasteiger partial charge in [0.1, 0.15) is 30.0 Å². The van der Waals surface area contributed by atoms with Crippen LogP contribution in [0.1, 0.15) is 26.4 Å². The molecule has 4 rings (SSSR count). The number of urea groups is 1. The van der Waals surface area contributed by atoms with E-state index < -0.39 is 41.9 Å². The molecule has 39 heavy (non-hydrogen) atoms. The lowest BCUT2D eigenvalue weighted by Crippen LogP contribution is -2.26. The Morgan fingerprint density at radius 3 is 2.44 bits per heavy atom. The second-order valence-corrected chi connectivity index (χ2v) is 7.95. The van der Waals surface area contributed by atoms with E-state index in [1.165, 1.54) is 24.3 Å². The summed E-state index contributed by atoms with van der Waals surface area (Å²) in [5.41, 5.74) is 4.66. The van der Waals surface area contributed by atoms with Crippen molar-refractivity contribution < 1.29 is 36.3 Å². The van der Waals surface area contributed by atoms with Gasteiger partial charge < -0.3 is 21.7 Å². The number of anilines is 3. The molecule has 10 nitrogen and oxygen atoms in total. The molecule has 202 valence electrons. The van der Waals surface area contributed by atoms with Crippen molar-refractivity contribution in [2.75, 3.05) is 29.6 Å². The number of aldehydes is 1.